The molecule has 0 heterocycles. The summed E-state index contributed by atoms with van der Waals surface area (Å²) in [4.78, 5) is 36.0. The smallest absolute Gasteiger partial charge is 0.287 e. The highest BCUT2D eigenvalue weighted by Crippen LogP contribution is 2.19. The number of nitrogens with one attached hydrogen (secondary N) is 3. The van der Waals surface area contributed by atoms with E-state index in [0.29, 0.717) is 11.3 Å². The Morgan fingerprint density at radius 1 is 0.971 bits per heavy atom. The molecule has 0 aliphatic rings. The lowest BCUT2D eigenvalue weighted by Gasteiger charge is -2.27. The molecule has 0 bridgehead atoms. The Balaban J connectivity index is 1.79. The number of hydrogen-bond donors (Lipinski definition) is 5. The van der Waals surface area contributed by atoms with Crippen LogP contribution in [0.15, 0.2) is 59.5 Å². The summed E-state index contributed by atoms with van der Waals surface area (Å²) < 4.78 is 27.2. The predicted octanol–water partition coefficient (Wildman–Crippen LogP) is 0.558. The van der Waals surface area contributed by atoms with Crippen LogP contribution in [0.25, 0.3) is 0 Å². The Kier molecular flexibility index (Phi) is 9.30. The highest BCUT2D eigenvalue weighted by Gasteiger charge is 2.32. The fourth-order valence-electron chi connectivity index (χ4n) is 2.74. The quantitative estimate of drug-likeness (QED) is 0.271. The van der Waals surface area contributed by atoms with Crippen LogP contribution < -0.4 is 15.4 Å². The third-order valence-corrected chi connectivity index (χ3v) is 6.41. The lowest BCUT2D eigenvalue weighted by molar-refractivity contribution is -0.139. The second-order valence-electron chi connectivity index (χ2n) is 8.31. The molecule has 184 valence electrons. The van der Waals surface area contributed by atoms with E-state index < -0.39 is 45.7 Å². The molecule has 2 amide bonds. The molecule has 0 radical (unpaired) electrons. The Hall–Kier alpha value is -3.28. The van der Waals surface area contributed by atoms with E-state index in [2.05, 4.69) is 15.4 Å². The number of sulfonamides is 1. The highest BCUT2D eigenvalue weighted by molar-refractivity contribution is 7.92. The van der Waals surface area contributed by atoms with Crippen molar-refractivity contribution in [3.05, 3.63) is 60.2 Å². The molecule has 0 saturated heterocycles. The van der Waals surface area contributed by atoms with Crippen LogP contribution in [0.3, 0.4) is 0 Å². The van der Waals surface area contributed by atoms with E-state index in [-0.39, 0.29) is 24.4 Å². The number of anilines is 1. The molecule has 0 spiro atoms. The van der Waals surface area contributed by atoms with Gasteiger partial charge in [0.25, 0.3) is 15.9 Å². The molecule has 10 nitrogen and oxygen atoms in total. The van der Waals surface area contributed by atoms with Gasteiger partial charge in [-0.3, -0.25) is 19.1 Å². The van der Waals surface area contributed by atoms with Crippen molar-refractivity contribution in [3.63, 3.8) is 0 Å². The molecule has 0 aromatic heterocycles. The van der Waals surface area contributed by atoms with Crippen molar-refractivity contribution in [2.45, 2.75) is 37.8 Å². The van der Waals surface area contributed by atoms with Gasteiger partial charge < -0.3 is 20.8 Å². The van der Waals surface area contributed by atoms with Crippen LogP contribution in [-0.2, 0) is 31.0 Å². The molecular weight excluding hydrogens is 462 g/mol. The number of carbonyl (C=O) groups is 3. The van der Waals surface area contributed by atoms with Crippen molar-refractivity contribution in [1.82, 2.24) is 10.6 Å². The largest absolute Gasteiger partial charge is 0.396 e. The fraction of sp³-hybridized carbons (Fsp3) is 0.348. The summed E-state index contributed by atoms with van der Waals surface area (Å²) in [6, 6.07) is 14.2. The number of hydrogen-bond acceptors (Lipinski definition) is 7. The molecule has 11 heteroatoms. The molecule has 0 aliphatic heterocycles. The summed E-state index contributed by atoms with van der Waals surface area (Å²) in [5.74, 6) is -2.32. The van der Waals surface area contributed by atoms with Crippen LogP contribution >= 0.6 is 0 Å². The Labute approximate surface area is 198 Å². The molecule has 2 aromatic carbocycles. The average molecular weight is 492 g/mol. The summed E-state index contributed by atoms with van der Waals surface area (Å²) >= 11 is 0. The number of carbonyl (C=O) groups excluding carboxylic acids is 3. The number of aliphatic hydroxyl groups is 2. The summed E-state index contributed by atoms with van der Waals surface area (Å²) in [5.41, 5.74) is -0.0498. The number of Topliss-reactive ketones (excluding diaryl/α,β-unsaturated/α-hetero) is 1. The monoisotopic (exact) mass is 491 g/mol. The van der Waals surface area contributed by atoms with Crippen molar-refractivity contribution >= 4 is 33.3 Å². The van der Waals surface area contributed by atoms with Gasteiger partial charge in [0.05, 0.1) is 11.5 Å². The van der Waals surface area contributed by atoms with E-state index in [1.54, 1.807) is 42.5 Å². The number of benzene rings is 2. The maximum Gasteiger partial charge on any atom is 0.287 e. The second-order valence-corrected chi connectivity index (χ2v) is 9.99. The SMILES string of the molecule is CC(C)(CO)[C@@H](O)C(=O)NCCC(=O)C(=O)NCc1ccc(NS(=O)(=O)c2ccccc2)cc1. The maximum absolute atomic E-state index is 12.3. The third-order valence-electron chi connectivity index (χ3n) is 5.01. The van der Waals surface area contributed by atoms with Gasteiger partial charge in [0.2, 0.25) is 11.7 Å². The first kappa shape index (κ1) is 27.0. The average Bonchev–Trinajstić information content (AvgIpc) is 2.83. The van der Waals surface area contributed by atoms with Crippen molar-refractivity contribution in [1.29, 1.82) is 0 Å². The Morgan fingerprint density at radius 3 is 2.18 bits per heavy atom. The van der Waals surface area contributed by atoms with Crippen LogP contribution in [0.5, 0.6) is 0 Å². The van der Waals surface area contributed by atoms with E-state index in [1.165, 1.54) is 26.0 Å². The normalized spacial score (nSPS) is 12.5. The predicted molar refractivity (Wildman–Crippen MR) is 125 cm³/mol. The minimum absolute atomic E-state index is 0.0477. The van der Waals surface area contributed by atoms with E-state index in [1.807, 2.05) is 0 Å². The van der Waals surface area contributed by atoms with Gasteiger partial charge in [0.15, 0.2) is 0 Å². The van der Waals surface area contributed by atoms with Gasteiger partial charge in [-0.25, -0.2) is 8.42 Å². The topological polar surface area (TPSA) is 162 Å². The summed E-state index contributed by atoms with van der Waals surface area (Å²) in [6.45, 7) is 2.54. The van der Waals surface area contributed by atoms with E-state index in [0.717, 1.165) is 0 Å². The van der Waals surface area contributed by atoms with Crippen LogP contribution in [0.4, 0.5) is 5.69 Å². The molecule has 0 saturated carbocycles. The van der Waals surface area contributed by atoms with E-state index in [9.17, 15) is 33.0 Å². The number of ketones is 1. The summed E-state index contributed by atoms with van der Waals surface area (Å²) in [7, 11) is -3.72. The van der Waals surface area contributed by atoms with Crippen molar-refractivity contribution in [3.8, 4) is 0 Å². The van der Waals surface area contributed by atoms with Crippen molar-refractivity contribution in [2.75, 3.05) is 17.9 Å². The molecular formula is C23H29N3O7S. The third kappa shape index (κ3) is 7.65. The highest BCUT2D eigenvalue weighted by atomic mass is 32.2. The second kappa shape index (κ2) is 11.7. The van der Waals surface area contributed by atoms with Crippen LogP contribution in [-0.4, -0.2) is 55.5 Å². The van der Waals surface area contributed by atoms with Crippen LogP contribution in [0.2, 0.25) is 0 Å². The van der Waals surface area contributed by atoms with Gasteiger partial charge in [-0.05, 0) is 29.8 Å². The van der Waals surface area contributed by atoms with Crippen LogP contribution in [0.1, 0.15) is 25.8 Å². The summed E-state index contributed by atoms with van der Waals surface area (Å²) in [6.07, 6.45) is -1.72. The van der Waals surface area contributed by atoms with Gasteiger partial charge in [-0.2, -0.15) is 0 Å². The molecule has 0 aliphatic carbocycles. The van der Waals surface area contributed by atoms with Crippen LogP contribution in [0, 0.1) is 5.41 Å². The Morgan fingerprint density at radius 2 is 1.59 bits per heavy atom. The maximum atomic E-state index is 12.3. The van der Waals surface area contributed by atoms with Gasteiger partial charge >= 0.3 is 0 Å². The van der Waals surface area contributed by atoms with Gasteiger partial charge in [-0.15, -0.1) is 0 Å². The molecule has 0 unspecified atom stereocenters. The molecule has 1 atom stereocenters. The minimum atomic E-state index is -3.72. The molecule has 34 heavy (non-hydrogen) atoms. The first-order valence-electron chi connectivity index (χ1n) is 10.5. The molecule has 2 rings (SSSR count). The summed E-state index contributed by atoms with van der Waals surface area (Å²) in [5, 5.41) is 23.9. The lowest BCUT2D eigenvalue weighted by Crippen LogP contribution is -2.46. The van der Waals surface area contributed by atoms with Gasteiger partial charge in [0, 0.05) is 30.6 Å². The Bertz CT molecular complexity index is 1100. The van der Waals surface area contributed by atoms with Crippen molar-refractivity contribution < 1.29 is 33.0 Å². The minimum Gasteiger partial charge on any atom is -0.396 e. The fourth-order valence-corrected chi connectivity index (χ4v) is 3.82. The first-order chi connectivity index (χ1) is 16.0. The zero-order valence-electron chi connectivity index (χ0n) is 18.9. The van der Waals surface area contributed by atoms with Gasteiger partial charge in [-0.1, -0.05) is 44.2 Å². The zero-order chi connectivity index (χ0) is 25.4. The molecule has 0 fully saturated rings. The standard InChI is InChI=1S/C23H29N3O7S/c1-23(2,15-27)20(29)22(31)24-13-12-19(28)21(30)25-14-16-8-10-17(11-9-16)26-34(32,33)18-6-4-3-5-7-18/h3-11,20,26-27,29H,12-15H2,1-2H3,(H,24,31)(H,25,30)/t20-/m0/s1. The van der Waals surface area contributed by atoms with Crippen molar-refractivity contribution in [2.24, 2.45) is 5.41 Å². The first-order valence-corrected chi connectivity index (χ1v) is 12.0. The number of rotatable bonds is 12. The molecule has 2 aromatic rings. The van der Waals surface area contributed by atoms with E-state index >= 15 is 0 Å². The number of amides is 2. The van der Waals surface area contributed by atoms with E-state index in [4.69, 9.17) is 0 Å². The lowest BCUT2D eigenvalue weighted by atomic mass is 9.87. The number of aliphatic hydroxyl groups excluding tert-OH is 2. The molecule has 5 N–H and O–H groups in total. The zero-order valence-corrected chi connectivity index (χ0v) is 19.8. The van der Waals surface area contributed by atoms with Gasteiger partial charge in [0.1, 0.15) is 6.10 Å².